The summed E-state index contributed by atoms with van der Waals surface area (Å²) < 4.78 is 4.81. The van der Waals surface area contributed by atoms with Crippen molar-refractivity contribution in [1.82, 2.24) is 10.2 Å². The number of primary amides is 1. The number of likely N-dealkylation sites (tertiary alicyclic amines) is 1. The number of nitrogens with two attached hydrogens (primary N) is 1. The highest BCUT2D eigenvalue weighted by molar-refractivity contribution is 14.0. The quantitative estimate of drug-likeness (QED) is 0.306. The van der Waals surface area contributed by atoms with Gasteiger partial charge in [0.25, 0.3) is 0 Å². The summed E-state index contributed by atoms with van der Waals surface area (Å²) in [5.41, 5.74) is 6.75. The molecule has 1 aromatic carbocycles. The number of nitrogens with one attached hydrogen (secondary N) is 1. The second-order valence-corrected chi connectivity index (χ2v) is 5.75. The van der Waals surface area contributed by atoms with Crippen molar-refractivity contribution < 1.29 is 14.3 Å². The standard InChI is InChI=1S/C17H24N4O3.HI/c1-19-17(21-8-6-13(7-9-21)16(23)24-2)20-11-12-4-3-5-14(10-12)15(18)22;/h3-5,10,13H,6-9,11H2,1-2H3,(H2,18,22)(H,19,20);1H. The highest BCUT2D eigenvalue weighted by Crippen LogP contribution is 2.18. The molecular weight excluding hydrogens is 435 g/mol. The molecule has 0 unspecified atom stereocenters. The summed E-state index contributed by atoms with van der Waals surface area (Å²) in [6, 6.07) is 7.20. The third kappa shape index (κ3) is 5.87. The van der Waals surface area contributed by atoms with Crippen molar-refractivity contribution >= 4 is 41.8 Å². The van der Waals surface area contributed by atoms with Crippen molar-refractivity contribution in [3.63, 3.8) is 0 Å². The van der Waals surface area contributed by atoms with Crippen LogP contribution in [0, 0.1) is 5.92 Å². The van der Waals surface area contributed by atoms with E-state index in [1.807, 2.05) is 12.1 Å². The van der Waals surface area contributed by atoms with Crippen LogP contribution in [0.3, 0.4) is 0 Å². The van der Waals surface area contributed by atoms with Gasteiger partial charge in [0, 0.05) is 32.2 Å². The fraction of sp³-hybridized carbons (Fsp3) is 0.471. The monoisotopic (exact) mass is 460 g/mol. The summed E-state index contributed by atoms with van der Waals surface area (Å²) in [5, 5.41) is 3.29. The van der Waals surface area contributed by atoms with Crippen LogP contribution in [0.25, 0.3) is 0 Å². The molecule has 1 heterocycles. The average Bonchev–Trinajstić information content (AvgIpc) is 2.62. The Morgan fingerprint density at radius 3 is 2.60 bits per heavy atom. The van der Waals surface area contributed by atoms with Gasteiger partial charge in [0.15, 0.2) is 5.96 Å². The molecule has 0 bridgehead atoms. The molecule has 2 rings (SSSR count). The van der Waals surface area contributed by atoms with Crippen LogP contribution in [-0.4, -0.2) is 50.0 Å². The predicted octanol–water partition coefficient (Wildman–Crippen LogP) is 1.36. The van der Waals surface area contributed by atoms with Crippen molar-refractivity contribution in [3.8, 4) is 0 Å². The molecule has 0 saturated carbocycles. The minimum Gasteiger partial charge on any atom is -0.469 e. The van der Waals surface area contributed by atoms with Gasteiger partial charge >= 0.3 is 5.97 Å². The first kappa shape index (κ1) is 21.2. The van der Waals surface area contributed by atoms with E-state index in [1.165, 1.54) is 7.11 Å². The molecule has 1 amide bonds. The Balaban J connectivity index is 0.00000312. The maximum atomic E-state index is 11.6. The van der Waals surface area contributed by atoms with Crippen LogP contribution in [0.15, 0.2) is 29.3 Å². The highest BCUT2D eigenvalue weighted by Gasteiger charge is 2.26. The first-order valence-electron chi connectivity index (χ1n) is 7.97. The molecule has 8 heteroatoms. The van der Waals surface area contributed by atoms with Gasteiger partial charge in [-0.15, -0.1) is 24.0 Å². The Morgan fingerprint density at radius 2 is 2.04 bits per heavy atom. The number of hydrogen-bond acceptors (Lipinski definition) is 4. The molecule has 1 saturated heterocycles. The Kier molecular flexibility index (Phi) is 8.67. The number of rotatable bonds is 4. The predicted molar refractivity (Wildman–Crippen MR) is 107 cm³/mol. The zero-order chi connectivity index (χ0) is 17.5. The van der Waals surface area contributed by atoms with Gasteiger partial charge < -0.3 is 20.7 Å². The van der Waals surface area contributed by atoms with Crippen LogP contribution in [0.2, 0.25) is 0 Å². The number of methoxy groups -OCH3 is 1. The lowest BCUT2D eigenvalue weighted by atomic mass is 9.97. The van der Waals surface area contributed by atoms with Crippen LogP contribution in [0.1, 0.15) is 28.8 Å². The number of esters is 1. The molecule has 0 aromatic heterocycles. The van der Waals surface area contributed by atoms with Gasteiger partial charge in [-0.05, 0) is 30.5 Å². The second kappa shape index (κ2) is 10.2. The zero-order valence-electron chi connectivity index (χ0n) is 14.5. The first-order valence-corrected chi connectivity index (χ1v) is 7.97. The van der Waals surface area contributed by atoms with Gasteiger partial charge in [-0.2, -0.15) is 0 Å². The van der Waals surface area contributed by atoms with Crippen LogP contribution in [0.4, 0.5) is 0 Å². The molecule has 138 valence electrons. The molecule has 1 aromatic rings. The third-order valence-corrected chi connectivity index (χ3v) is 4.20. The normalized spacial score (nSPS) is 15.3. The number of hydrogen-bond donors (Lipinski definition) is 2. The Morgan fingerprint density at radius 1 is 1.36 bits per heavy atom. The Bertz CT molecular complexity index is 628. The number of halogens is 1. The zero-order valence-corrected chi connectivity index (χ0v) is 16.9. The van der Waals surface area contributed by atoms with Crippen LogP contribution < -0.4 is 11.1 Å². The smallest absolute Gasteiger partial charge is 0.308 e. The van der Waals surface area contributed by atoms with Gasteiger partial charge in [0.1, 0.15) is 0 Å². The molecule has 0 spiro atoms. The number of aliphatic imine (C=N–C) groups is 1. The highest BCUT2D eigenvalue weighted by atomic mass is 127. The summed E-state index contributed by atoms with van der Waals surface area (Å²) in [6.07, 6.45) is 1.51. The molecule has 0 radical (unpaired) electrons. The molecular formula is C17H25IN4O3. The molecule has 7 nitrogen and oxygen atoms in total. The number of guanidine groups is 1. The maximum absolute atomic E-state index is 11.6. The van der Waals surface area contributed by atoms with Crippen molar-refractivity contribution in [2.75, 3.05) is 27.2 Å². The van der Waals surface area contributed by atoms with Crippen LogP contribution in [0.5, 0.6) is 0 Å². The van der Waals surface area contributed by atoms with E-state index in [0.29, 0.717) is 12.1 Å². The number of carbonyl (C=O) groups is 2. The summed E-state index contributed by atoms with van der Waals surface area (Å²) in [4.78, 5) is 29.2. The van der Waals surface area contributed by atoms with Gasteiger partial charge in [0.2, 0.25) is 5.91 Å². The van der Waals surface area contributed by atoms with Crippen molar-refractivity contribution in [2.45, 2.75) is 19.4 Å². The van der Waals surface area contributed by atoms with Crippen molar-refractivity contribution in [1.29, 1.82) is 0 Å². The molecule has 3 N–H and O–H groups in total. The lowest BCUT2D eigenvalue weighted by Gasteiger charge is -2.33. The second-order valence-electron chi connectivity index (χ2n) is 5.75. The van der Waals surface area contributed by atoms with E-state index < -0.39 is 5.91 Å². The van der Waals surface area contributed by atoms with Gasteiger partial charge in [-0.1, -0.05) is 12.1 Å². The summed E-state index contributed by atoms with van der Waals surface area (Å²) >= 11 is 0. The fourth-order valence-electron chi connectivity index (χ4n) is 2.84. The molecule has 0 aliphatic carbocycles. The summed E-state index contributed by atoms with van der Waals surface area (Å²) in [5.74, 6) is 0.173. The third-order valence-electron chi connectivity index (χ3n) is 4.20. The van der Waals surface area contributed by atoms with E-state index in [4.69, 9.17) is 10.5 Å². The van der Waals surface area contributed by atoms with Crippen LogP contribution >= 0.6 is 24.0 Å². The van der Waals surface area contributed by atoms with E-state index in [1.54, 1.807) is 19.2 Å². The lowest BCUT2D eigenvalue weighted by molar-refractivity contribution is -0.146. The van der Waals surface area contributed by atoms with E-state index >= 15 is 0 Å². The Labute approximate surface area is 165 Å². The fourth-order valence-corrected chi connectivity index (χ4v) is 2.84. The number of piperidine rings is 1. The summed E-state index contributed by atoms with van der Waals surface area (Å²) in [6.45, 7) is 2.05. The average molecular weight is 460 g/mol. The van der Waals surface area contributed by atoms with E-state index in [0.717, 1.165) is 37.5 Å². The van der Waals surface area contributed by atoms with Gasteiger partial charge in [-0.3, -0.25) is 14.6 Å². The minimum atomic E-state index is -0.439. The van der Waals surface area contributed by atoms with Crippen LogP contribution in [-0.2, 0) is 16.1 Å². The Hall–Kier alpha value is -1.84. The number of carbonyl (C=O) groups excluding carboxylic acids is 2. The lowest BCUT2D eigenvalue weighted by Crippen LogP contribution is -2.46. The number of amides is 1. The minimum absolute atomic E-state index is 0. The number of benzene rings is 1. The largest absolute Gasteiger partial charge is 0.469 e. The van der Waals surface area contributed by atoms with E-state index in [2.05, 4.69) is 15.2 Å². The van der Waals surface area contributed by atoms with E-state index in [9.17, 15) is 9.59 Å². The van der Waals surface area contributed by atoms with Crippen molar-refractivity contribution in [2.24, 2.45) is 16.6 Å². The van der Waals surface area contributed by atoms with E-state index in [-0.39, 0.29) is 35.9 Å². The van der Waals surface area contributed by atoms with Crippen molar-refractivity contribution in [3.05, 3.63) is 35.4 Å². The molecule has 1 aliphatic rings. The molecule has 1 fully saturated rings. The molecule has 25 heavy (non-hydrogen) atoms. The maximum Gasteiger partial charge on any atom is 0.308 e. The SMILES string of the molecule is CN=C(NCc1cccc(C(N)=O)c1)N1CCC(C(=O)OC)CC1.I. The first-order chi connectivity index (χ1) is 11.5. The number of nitrogens with zero attached hydrogens (tertiary/aromatic N) is 2. The van der Waals surface area contributed by atoms with Gasteiger partial charge in [-0.25, -0.2) is 0 Å². The number of ether oxygens (including phenoxy) is 1. The van der Waals surface area contributed by atoms with Gasteiger partial charge in [0.05, 0.1) is 13.0 Å². The summed E-state index contributed by atoms with van der Waals surface area (Å²) in [7, 11) is 3.16. The molecule has 1 aliphatic heterocycles. The topological polar surface area (TPSA) is 97.0 Å². The molecule has 0 atom stereocenters.